The molecule has 0 unspecified atom stereocenters. The molecular weight excluding hydrogens is 143 g/mol. The predicted octanol–water partition coefficient (Wildman–Crippen LogP) is 2.22. The predicted molar refractivity (Wildman–Crippen MR) is 42.4 cm³/mol. The van der Waals surface area contributed by atoms with Crippen LogP contribution in [0.15, 0.2) is 24.3 Å². The van der Waals surface area contributed by atoms with Crippen molar-refractivity contribution in [1.29, 1.82) is 0 Å². The summed E-state index contributed by atoms with van der Waals surface area (Å²) in [5.74, 6) is 2.04. The van der Waals surface area contributed by atoms with Crippen molar-refractivity contribution in [1.82, 2.24) is 9.15 Å². The number of aromatic nitrogens is 2. The SMILES string of the molecule is Cc1ccc2npcn2c1. The molecule has 0 saturated heterocycles. The van der Waals surface area contributed by atoms with E-state index in [4.69, 9.17) is 0 Å². The molecule has 0 N–H and O–H groups in total. The molecule has 50 valence electrons. The molecule has 2 nitrogen and oxygen atoms in total. The molecule has 0 aliphatic carbocycles. The summed E-state index contributed by atoms with van der Waals surface area (Å²) in [6.07, 6.45) is 2.08. The van der Waals surface area contributed by atoms with Crippen LogP contribution in [0, 0.1) is 6.92 Å². The van der Waals surface area contributed by atoms with Crippen LogP contribution in [0.4, 0.5) is 0 Å². The highest BCUT2D eigenvalue weighted by Gasteiger charge is 1.90. The zero-order valence-electron chi connectivity index (χ0n) is 5.65. The van der Waals surface area contributed by atoms with Gasteiger partial charge in [-0.3, -0.25) is 0 Å². The number of fused-ring (bicyclic) bond motifs is 1. The third-order valence-electron chi connectivity index (χ3n) is 1.44. The quantitative estimate of drug-likeness (QED) is 0.562. The molecule has 0 aliphatic heterocycles. The van der Waals surface area contributed by atoms with Gasteiger partial charge in [-0.05, 0) is 18.6 Å². The van der Waals surface area contributed by atoms with Crippen molar-refractivity contribution in [2.24, 2.45) is 0 Å². The van der Waals surface area contributed by atoms with Crippen LogP contribution in [-0.4, -0.2) is 9.15 Å². The summed E-state index contributed by atoms with van der Waals surface area (Å²) in [5.41, 5.74) is 2.32. The second-order valence-corrected chi connectivity index (χ2v) is 2.96. The molecule has 2 aromatic heterocycles. The van der Waals surface area contributed by atoms with Gasteiger partial charge in [-0.25, -0.2) is 4.75 Å². The first-order valence-electron chi connectivity index (χ1n) is 3.12. The molecule has 2 heterocycles. The summed E-state index contributed by atoms with van der Waals surface area (Å²) >= 11 is 0. The second-order valence-electron chi connectivity index (χ2n) is 2.30. The summed E-state index contributed by atoms with van der Waals surface area (Å²) < 4.78 is 6.27. The molecule has 2 aromatic rings. The topological polar surface area (TPSA) is 17.3 Å². The average molecular weight is 150 g/mol. The summed E-state index contributed by atoms with van der Waals surface area (Å²) in [4.78, 5) is 0. The number of pyridine rings is 1. The molecule has 0 aliphatic rings. The molecule has 0 aromatic carbocycles. The Morgan fingerprint density at radius 2 is 2.40 bits per heavy atom. The molecule has 0 fully saturated rings. The Morgan fingerprint density at radius 3 is 3.30 bits per heavy atom. The Bertz CT molecular complexity index is 353. The minimum atomic E-state index is 1.04. The van der Waals surface area contributed by atoms with E-state index in [0.29, 0.717) is 0 Å². The van der Waals surface area contributed by atoms with E-state index in [1.807, 2.05) is 12.0 Å². The Morgan fingerprint density at radius 1 is 1.50 bits per heavy atom. The Balaban J connectivity index is 2.86. The summed E-state index contributed by atoms with van der Waals surface area (Å²) in [6.45, 7) is 2.08. The van der Waals surface area contributed by atoms with Gasteiger partial charge in [0.25, 0.3) is 0 Å². The van der Waals surface area contributed by atoms with Crippen molar-refractivity contribution >= 4 is 14.0 Å². The first kappa shape index (κ1) is 5.87. The Labute approximate surface area is 60.7 Å². The zero-order valence-corrected chi connectivity index (χ0v) is 6.55. The van der Waals surface area contributed by atoms with Gasteiger partial charge in [0.05, 0.1) is 14.3 Å². The highest BCUT2D eigenvalue weighted by molar-refractivity contribution is 7.24. The molecule has 0 radical (unpaired) electrons. The lowest BCUT2D eigenvalue weighted by molar-refractivity contribution is 1.16. The molecule has 0 saturated carbocycles. The summed E-state index contributed by atoms with van der Waals surface area (Å²) in [6, 6.07) is 4.11. The van der Waals surface area contributed by atoms with E-state index >= 15 is 0 Å². The normalized spacial score (nSPS) is 11.3. The lowest BCUT2D eigenvalue weighted by Gasteiger charge is -1.92. The van der Waals surface area contributed by atoms with Crippen LogP contribution in [0.1, 0.15) is 5.56 Å². The van der Waals surface area contributed by atoms with Crippen molar-refractivity contribution < 1.29 is 0 Å². The van der Waals surface area contributed by atoms with Crippen LogP contribution < -0.4 is 0 Å². The van der Waals surface area contributed by atoms with Gasteiger partial charge < -0.3 is 4.40 Å². The maximum Gasteiger partial charge on any atom is 0.141 e. The minimum Gasteiger partial charge on any atom is -0.302 e. The van der Waals surface area contributed by atoms with Gasteiger partial charge in [-0.2, -0.15) is 0 Å². The lowest BCUT2D eigenvalue weighted by atomic mass is 10.3. The smallest absolute Gasteiger partial charge is 0.141 e. The van der Waals surface area contributed by atoms with Crippen LogP contribution in [0.3, 0.4) is 0 Å². The van der Waals surface area contributed by atoms with Crippen molar-refractivity contribution in [3.63, 3.8) is 0 Å². The van der Waals surface area contributed by atoms with Gasteiger partial charge in [0.15, 0.2) is 0 Å². The molecule has 0 amide bonds. The maximum absolute atomic E-state index is 4.22. The average Bonchev–Trinajstić information content (AvgIpc) is 2.33. The fourth-order valence-electron chi connectivity index (χ4n) is 0.939. The third-order valence-corrected chi connectivity index (χ3v) is 2.11. The molecule has 0 spiro atoms. The van der Waals surface area contributed by atoms with E-state index in [1.165, 1.54) is 5.56 Å². The van der Waals surface area contributed by atoms with E-state index in [1.54, 1.807) is 0 Å². The Kier molecular flexibility index (Phi) is 1.21. The first-order valence-corrected chi connectivity index (χ1v) is 4.04. The molecule has 0 bridgehead atoms. The van der Waals surface area contributed by atoms with Crippen LogP contribution in [-0.2, 0) is 0 Å². The van der Waals surface area contributed by atoms with Gasteiger partial charge >= 0.3 is 0 Å². The van der Waals surface area contributed by atoms with E-state index < -0.39 is 0 Å². The number of hydrogen-bond donors (Lipinski definition) is 0. The molecule has 3 heteroatoms. The number of rotatable bonds is 0. The van der Waals surface area contributed by atoms with Gasteiger partial charge in [0.1, 0.15) is 5.65 Å². The molecule has 0 atom stereocenters. The van der Waals surface area contributed by atoms with Crippen LogP contribution >= 0.6 is 8.35 Å². The van der Waals surface area contributed by atoms with Crippen LogP contribution in [0.2, 0.25) is 0 Å². The van der Waals surface area contributed by atoms with Gasteiger partial charge in [0, 0.05) is 6.20 Å². The monoisotopic (exact) mass is 150 g/mol. The van der Waals surface area contributed by atoms with E-state index in [9.17, 15) is 0 Å². The summed E-state index contributed by atoms with van der Waals surface area (Å²) in [7, 11) is 1.04. The first-order chi connectivity index (χ1) is 4.86. The zero-order chi connectivity index (χ0) is 6.97. The van der Waals surface area contributed by atoms with Gasteiger partial charge in [-0.1, -0.05) is 6.07 Å². The minimum absolute atomic E-state index is 1.04. The Hall–Kier alpha value is -0.880. The van der Waals surface area contributed by atoms with Crippen LogP contribution in [0.25, 0.3) is 5.65 Å². The highest BCUT2D eigenvalue weighted by atomic mass is 31.0. The second kappa shape index (κ2) is 2.06. The lowest BCUT2D eigenvalue weighted by Crippen LogP contribution is -1.82. The standard InChI is InChI=1S/C7H7N2P/c1-6-2-3-7-8-10-5-9(7)4-6/h2-5H,1H3. The highest BCUT2D eigenvalue weighted by Crippen LogP contribution is 2.08. The maximum atomic E-state index is 4.22. The van der Waals surface area contributed by atoms with Crippen molar-refractivity contribution in [3.05, 3.63) is 29.8 Å². The number of aryl methyl sites for hydroxylation is 1. The fraction of sp³-hybridized carbons (Fsp3) is 0.143. The molecule has 10 heavy (non-hydrogen) atoms. The van der Waals surface area contributed by atoms with Crippen molar-refractivity contribution in [2.45, 2.75) is 6.92 Å². The van der Waals surface area contributed by atoms with Crippen molar-refractivity contribution in [3.8, 4) is 0 Å². The van der Waals surface area contributed by atoms with E-state index in [2.05, 4.69) is 28.3 Å². The molecule has 2 rings (SSSR count). The van der Waals surface area contributed by atoms with Crippen molar-refractivity contribution in [2.75, 3.05) is 0 Å². The molecular formula is C7H7N2P. The number of hydrogen-bond acceptors (Lipinski definition) is 1. The largest absolute Gasteiger partial charge is 0.302 e. The van der Waals surface area contributed by atoms with Gasteiger partial charge in [0.2, 0.25) is 0 Å². The summed E-state index contributed by atoms with van der Waals surface area (Å²) in [5, 5.41) is 0. The van der Waals surface area contributed by atoms with E-state index in [0.717, 1.165) is 14.0 Å². The number of nitrogens with zero attached hydrogens (tertiary/aromatic N) is 2. The van der Waals surface area contributed by atoms with Gasteiger partial charge in [-0.15, -0.1) is 0 Å². The van der Waals surface area contributed by atoms with E-state index in [-0.39, 0.29) is 0 Å². The third kappa shape index (κ3) is 0.812. The van der Waals surface area contributed by atoms with Crippen LogP contribution in [0.5, 0.6) is 0 Å². The fourth-order valence-corrected chi connectivity index (χ4v) is 1.57.